The van der Waals surface area contributed by atoms with Crippen molar-refractivity contribution in [3.05, 3.63) is 29.8 Å². The molecular formula is C20H25F3N2O2. The Hall–Kier alpha value is -1.92. The largest absolute Gasteiger partial charge is 0.484 e. The zero-order valence-electron chi connectivity index (χ0n) is 15.1. The van der Waals surface area contributed by atoms with Crippen LogP contribution in [0.1, 0.15) is 44.1 Å². The van der Waals surface area contributed by atoms with Crippen LogP contribution < -0.4 is 15.4 Å². The van der Waals surface area contributed by atoms with E-state index in [4.69, 9.17) is 0 Å². The van der Waals surface area contributed by atoms with Crippen LogP contribution in [0.15, 0.2) is 24.3 Å². The van der Waals surface area contributed by atoms with Gasteiger partial charge < -0.3 is 15.4 Å². The molecule has 2 amide bonds. The molecule has 0 saturated heterocycles. The maximum atomic E-state index is 12.4. The summed E-state index contributed by atoms with van der Waals surface area (Å²) in [6.07, 6.45) is 2.91. The molecule has 4 fully saturated rings. The van der Waals surface area contributed by atoms with E-state index in [-0.39, 0.29) is 17.3 Å². The van der Waals surface area contributed by atoms with Crippen LogP contribution in [0.4, 0.5) is 18.0 Å². The minimum absolute atomic E-state index is 0.0336. The first-order valence-corrected chi connectivity index (χ1v) is 9.63. The van der Waals surface area contributed by atoms with E-state index in [1.54, 1.807) is 12.1 Å². The quantitative estimate of drug-likeness (QED) is 0.793. The lowest BCUT2D eigenvalue weighted by Gasteiger charge is -2.56. The fourth-order valence-electron chi connectivity index (χ4n) is 5.60. The van der Waals surface area contributed by atoms with Crippen molar-refractivity contribution < 1.29 is 22.7 Å². The molecule has 2 N–H and O–H groups in total. The lowest BCUT2D eigenvalue weighted by Crippen LogP contribution is -2.61. The monoisotopic (exact) mass is 382 g/mol. The average molecular weight is 382 g/mol. The predicted molar refractivity (Wildman–Crippen MR) is 94.3 cm³/mol. The van der Waals surface area contributed by atoms with Crippen LogP contribution in [0, 0.1) is 17.8 Å². The number of halogens is 3. The molecule has 4 aliphatic carbocycles. The predicted octanol–water partition coefficient (Wildman–Crippen LogP) is 4.40. The molecule has 7 heteroatoms. The Morgan fingerprint density at radius 1 is 1.04 bits per heavy atom. The van der Waals surface area contributed by atoms with Crippen LogP contribution in [0.25, 0.3) is 0 Å². The van der Waals surface area contributed by atoms with Gasteiger partial charge in [-0.2, -0.15) is 13.2 Å². The van der Waals surface area contributed by atoms with Gasteiger partial charge in [0, 0.05) is 12.1 Å². The third-order valence-corrected chi connectivity index (χ3v) is 6.20. The van der Waals surface area contributed by atoms with Crippen molar-refractivity contribution in [3.63, 3.8) is 0 Å². The smallest absolute Gasteiger partial charge is 0.422 e. The molecule has 4 aliphatic rings. The Kier molecular flexibility index (Phi) is 4.72. The standard InChI is InChI=1S/C20H25F3N2O2/c21-20(22,23)12-27-17-3-1-13(2-4-17)11-24-18(26)25-19-8-14-5-15(9-19)7-16(6-14)10-19/h1-4,14-16H,5-12H2,(H2,24,25,26). The van der Waals surface area contributed by atoms with Gasteiger partial charge in [-0.05, 0) is 74.0 Å². The van der Waals surface area contributed by atoms with Gasteiger partial charge in [-0.3, -0.25) is 0 Å². The Labute approximate surface area is 156 Å². The summed E-state index contributed by atoms with van der Waals surface area (Å²) in [5, 5.41) is 6.12. The first kappa shape index (κ1) is 18.4. The lowest BCUT2D eigenvalue weighted by molar-refractivity contribution is -0.153. The van der Waals surface area contributed by atoms with Crippen molar-refractivity contribution in [2.75, 3.05) is 6.61 Å². The molecule has 4 bridgehead atoms. The van der Waals surface area contributed by atoms with Crippen molar-refractivity contribution >= 4 is 6.03 Å². The van der Waals surface area contributed by atoms with Crippen LogP contribution >= 0.6 is 0 Å². The minimum Gasteiger partial charge on any atom is -0.484 e. The SMILES string of the molecule is O=C(NCc1ccc(OCC(F)(F)F)cc1)NC12CC3CC(CC(C3)C1)C2. The molecule has 4 nitrogen and oxygen atoms in total. The number of carbonyl (C=O) groups excluding carboxylic acids is 1. The summed E-state index contributed by atoms with van der Waals surface area (Å²) in [5.41, 5.74) is 0.781. The maximum Gasteiger partial charge on any atom is 0.422 e. The second-order valence-corrected chi connectivity index (χ2v) is 8.55. The van der Waals surface area contributed by atoms with Crippen LogP contribution in [0.2, 0.25) is 0 Å². The van der Waals surface area contributed by atoms with Gasteiger partial charge >= 0.3 is 12.2 Å². The van der Waals surface area contributed by atoms with E-state index in [9.17, 15) is 18.0 Å². The maximum absolute atomic E-state index is 12.4. The number of benzene rings is 1. The number of rotatable bonds is 5. The number of nitrogens with one attached hydrogen (secondary N) is 2. The molecule has 0 unspecified atom stereocenters. The highest BCUT2D eigenvalue weighted by molar-refractivity contribution is 5.75. The topological polar surface area (TPSA) is 50.4 Å². The van der Waals surface area contributed by atoms with Gasteiger partial charge in [0.25, 0.3) is 0 Å². The van der Waals surface area contributed by atoms with Gasteiger partial charge in [0.2, 0.25) is 0 Å². The number of amides is 2. The molecular weight excluding hydrogens is 357 g/mol. The summed E-state index contributed by atoms with van der Waals surface area (Å²) in [6, 6.07) is 6.14. The molecule has 4 saturated carbocycles. The van der Waals surface area contributed by atoms with Gasteiger partial charge in [0.1, 0.15) is 5.75 Å². The number of carbonyl (C=O) groups is 1. The van der Waals surface area contributed by atoms with Gasteiger partial charge in [0.05, 0.1) is 0 Å². The van der Waals surface area contributed by atoms with Gasteiger partial charge in [0.15, 0.2) is 6.61 Å². The van der Waals surface area contributed by atoms with Crippen molar-refractivity contribution in [2.45, 2.75) is 56.8 Å². The number of ether oxygens (including phenoxy) is 1. The first-order chi connectivity index (χ1) is 12.8. The Morgan fingerprint density at radius 3 is 2.11 bits per heavy atom. The second kappa shape index (κ2) is 6.91. The Bertz CT molecular complexity index is 652. The third kappa shape index (κ3) is 4.50. The van der Waals surface area contributed by atoms with Crippen LogP contribution in [0.5, 0.6) is 5.75 Å². The lowest BCUT2D eigenvalue weighted by atomic mass is 9.53. The molecule has 5 rings (SSSR count). The van der Waals surface area contributed by atoms with E-state index in [0.29, 0.717) is 6.54 Å². The highest BCUT2D eigenvalue weighted by Gasteiger charge is 2.51. The summed E-state index contributed by atoms with van der Waals surface area (Å²) in [7, 11) is 0. The van der Waals surface area contributed by atoms with Gasteiger partial charge in [-0.25, -0.2) is 4.79 Å². The molecule has 0 atom stereocenters. The van der Waals surface area contributed by atoms with Crippen molar-refractivity contribution in [1.82, 2.24) is 10.6 Å². The van der Waals surface area contributed by atoms with E-state index in [2.05, 4.69) is 15.4 Å². The normalized spacial score (nSPS) is 31.6. The van der Waals surface area contributed by atoms with Gasteiger partial charge in [-0.15, -0.1) is 0 Å². The number of hydrogen-bond donors (Lipinski definition) is 2. The van der Waals surface area contributed by atoms with E-state index >= 15 is 0 Å². The fourth-order valence-corrected chi connectivity index (χ4v) is 5.60. The molecule has 1 aromatic rings. The van der Waals surface area contributed by atoms with Crippen LogP contribution in [-0.4, -0.2) is 24.4 Å². The van der Waals surface area contributed by atoms with Crippen molar-refractivity contribution in [2.24, 2.45) is 17.8 Å². The molecule has 0 heterocycles. The molecule has 1 aromatic carbocycles. The first-order valence-electron chi connectivity index (χ1n) is 9.63. The summed E-state index contributed by atoms with van der Waals surface area (Å²) in [4.78, 5) is 12.4. The van der Waals surface area contributed by atoms with E-state index < -0.39 is 12.8 Å². The molecule has 0 spiro atoms. The van der Waals surface area contributed by atoms with E-state index in [1.807, 2.05) is 0 Å². The average Bonchev–Trinajstić information content (AvgIpc) is 2.57. The van der Waals surface area contributed by atoms with Gasteiger partial charge in [-0.1, -0.05) is 12.1 Å². The second-order valence-electron chi connectivity index (χ2n) is 8.55. The molecule has 0 radical (unpaired) electrons. The summed E-state index contributed by atoms with van der Waals surface area (Å²) >= 11 is 0. The Morgan fingerprint density at radius 2 is 1.59 bits per heavy atom. The highest BCUT2D eigenvalue weighted by Crippen LogP contribution is 2.55. The minimum atomic E-state index is -4.35. The highest BCUT2D eigenvalue weighted by atomic mass is 19.4. The number of alkyl halides is 3. The number of hydrogen-bond acceptors (Lipinski definition) is 2. The number of urea groups is 1. The van der Waals surface area contributed by atoms with Crippen molar-refractivity contribution in [1.29, 1.82) is 0 Å². The Balaban J connectivity index is 1.26. The van der Waals surface area contributed by atoms with Crippen LogP contribution in [0.3, 0.4) is 0 Å². The van der Waals surface area contributed by atoms with E-state index in [1.165, 1.54) is 31.4 Å². The molecule has 148 valence electrons. The van der Waals surface area contributed by atoms with Crippen LogP contribution in [-0.2, 0) is 6.54 Å². The molecule has 0 aromatic heterocycles. The summed E-state index contributed by atoms with van der Waals surface area (Å²) in [5.74, 6) is 2.46. The van der Waals surface area contributed by atoms with Crippen molar-refractivity contribution in [3.8, 4) is 5.75 Å². The molecule has 27 heavy (non-hydrogen) atoms. The summed E-state index contributed by atoms with van der Waals surface area (Å²) < 4.78 is 41.2. The molecule has 0 aliphatic heterocycles. The van der Waals surface area contributed by atoms with E-state index in [0.717, 1.165) is 42.6 Å². The zero-order valence-corrected chi connectivity index (χ0v) is 15.1. The zero-order chi connectivity index (χ0) is 19.1. The fraction of sp³-hybridized carbons (Fsp3) is 0.650. The third-order valence-electron chi connectivity index (χ3n) is 6.20. The summed E-state index contributed by atoms with van der Waals surface area (Å²) in [6.45, 7) is -0.976.